The molecule has 0 aliphatic rings. The van der Waals surface area contributed by atoms with Gasteiger partial charge in [0.1, 0.15) is 0 Å². The predicted molar refractivity (Wildman–Crippen MR) is 74.7 cm³/mol. The lowest BCUT2D eigenvalue weighted by molar-refractivity contribution is 0.0957. The molecular formula is C11H11Br2NOS. The largest absolute Gasteiger partial charge is 0.351 e. The van der Waals surface area contributed by atoms with Crippen molar-refractivity contribution in [3.05, 3.63) is 19.2 Å². The fourth-order valence-electron chi connectivity index (χ4n) is 1.10. The molecule has 1 heterocycles. The molecule has 0 unspecified atom stereocenters. The summed E-state index contributed by atoms with van der Waals surface area (Å²) < 4.78 is 1.85. The zero-order chi connectivity index (χ0) is 12.0. The van der Waals surface area contributed by atoms with Crippen LogP contribution in [-0.4, -0.2) is 12.5 Å². The van der Waals surface area contributed by atoms with Crippen molar-refractivity contribution in [2.75, 3.05) is 6.54 Å². The van der Waals surface area contributed by atoms with Gasteiger partial charge in [-0.1, -0.05) is 0 Å². The lowest BCUT2D eigenvalue weighted by atomic mass is 10.2. The highest BCUT2D eigenvalue weighted by atomic mass is 79.9. The molecule has 0 saturated heterocycles. The summed E-state index contributed by atoms with van der Waals surface area (Å²) >= 11 is 8.12. The van der Waals surface area contributed by atoms with Gasteiger partial charge in [0.25, 0.3) is 5.91 Å². The molecule has 0 atom stereocenters. The Morgan fingerprint density at radius 3 is 2.81 bits per heavy atom. The predicted octanol–water partition coefficient (Wildman–Crippen LogP) is 3.81. The van der Waals surface area contributed by atoms with E-state index in [2.05, 4.69) is 43.1 Å². The van der Waals surface area contributed by atoms with Gasteiger partial charge in [-0.25, -0.2) is 0 Å². The number of hydrogen-bond donors (Lipinski definition) is 1. The fraction of sp³-hybridized carbons (Fsp3) is 0.364. The van der Waals surface area contributed by atoms with Crippen LogP contribution in [0.2, 0.25) is 0 Å². The van der Waals surface area contributed by atoms with Crippen molar-refractivity contribution in [1.82, 2.24) is 5.32 Å². The Hall–Kier alpha value is -0.310. The standard InChI is InChI=1S/C11H11Br2NOS/c1-2-3-4-5-6-14-11(15)9-7-8(12)10(13)16-9/h1,7H,3-6H2,(H,14,15). The van der Waals surface area contributed by atoms with Gasteiger partial charge in [0, 0.05) is 17.4 Å². The highest BCUT2D eigenvalue weighted by Gasteiger charge is 2.10. The quantitative estimate of drug-likeness (QED) is 0.624. The molecule has 5 heteroatoms. The number of carbonyl (C=O) groups excluding carboxylic acids is 1. The summed E-state index contributed by atoms with van der Waals surface area (Å²) in [6.07, 6.45) is 7.78. The van der Waals surface area contributed by atoms with Crippen molar-refractivity contribution in [1.29, 1.82) is 0 Å². The lowest BCUT2D eigenvalue weighted by Gasteiger charge is -2.01. The Balaban J connectivity index is 2.33. The van der Waals surface area contributed by atoms with Crippen molar-refractivity contribution < 1.29 is 4.79 Å². The Labute approximate surface area is 116 Å². The number of carbonyl (C=O) groups is 1. The lowest BCUT2D eigenvalue weighted by Crippen LogP contribution is -2.23. The number of nitrogens with one attached hydrogen (secondary N) is 1. The first kappa shape index (κ1) is 13.8. The molecule has 1 aromatic heterocycles. The topological polar surface area (TPSA) is 29.1 Å². The summed E-state index contributed by atoms with van der Waals surface area (Å²) in [5, 5.41) is 2.86. The van der Waals surface area contributed by atoms with Gasteiger partial charge in [-0.2, -0.15) is 0 Å². The minimum atomic E-state index is -0.0305. The van der Waals surface area contributed by atoms with Crippen molar-refractivity contribution in [2.45, 2.75) is 19.3 Å². The van der Waals surface area contributed by atoms with Crippen LogP contribution in [0.15, 0.2) is 14.3 Å². The Kier molecular flexibility index (Phi) is 6.10. The number of terminal acetylenes is 1. The first-order chi connectivity index (χ1) is 7.65. The Morgan fingerprint density at radius 2 is 2.25 bits per heavy atom. The summed E-state index contributed by atoms with van der Waals surface area (Å²) in [7, 11) is 0. The smallest absolute Gasteiger partial charge is 0.261 e. The zero-order valence-corrected chi connectivity index (χ0v) is 12.5. The molecule has 86 valence electrons. The van der Waals surface area contributed by atoms with E-state index in [1.807, 2.05) is 6.07 Å². The van der Waals surface area contributed by atoms with E-state index in [1.54, 1.807) is 0 Å². The van der Waals surface area contributed by atoms with Crippen LogP contribution in [0.4, 0.5) is 0 Å². The molecule has 0 aliphatic carbocycles. The number of amides is 1. The van der Waals surface area contributed by atoms with Gasteiger partial charge in [-0.3, -0.25) is 4.79 Å². The monoisotopic (exact) mass is 363 g/mol. The van der Waals surface area contributed by atoms with E-state index in [4.69, 9.17) is 6.42 Å². The van der Waals surface area contributed by atoms with Crippen molar-refractivity contribution >= 4 is 49.1 Å². The van der Waals surface area contributed by atoms with Crippen molar-refractivity contribution in [2.24, 2.45) is 0 Å². The summed E-state index contributed by atoms with van der Waals surface area (Å²) in [6, 6.07) is 1.81. The average molecular weight is 365 g/mol. The SMILES string of the molecule is C#CCCCCNC(=O)c1cc(Br)c(Br)s1. The third kappa shape index (κ3) is 4.28. The molecule has 0 radical (unpaired) electrons. The van der Waals surface area contributed by atoms with E-state index in [0.717, 1.165) is 27.5 Å². The van der Waals surface area contributed by atoms with Crippen molar-refractivity contribution in [3.63, 3.8) is 0 Å². The second kappa shape index (κ2) is 7.10. The second-order valence-electron chi connectivity index (χ2n) is 3.15. The van der Waals surface area contributed by atoms with Crippen LogP contribution in [0.5, 0.6) is 0 Å². The number of thiophene rings is 1. The minimum Gasteiger partial charge on any atom is -0.351 e. The van der Waals surface area contributed by atoms with Crippen LogP contribution in [0.3, 0.4) is 0 Å². The van der Waals surface area contributed by atoms with E-state index in [0.29, 0.717) is 11.4 Å². The van der Waals surface area contributed by atoms with Gasteiger partial charge in [0.05, 0.1) is 8.66 Å². The maximum Gasteiger partial charge on any atom is 0.261 e. The molecular weight excluding hydrogens is 354 g/mol. The van der Waals surface area contributed by atoms with E-state index in [9.17, 15) is 4.79 Å². The molecule has 0 fully saturated rings. The summed E-state index contributed by atoms with van der Waals surface area (Å²) in [5.74, 6) is 2.54. The first-order valence-corrected chi connectivity index (χ1v) is 7.22. The van der Waals surface area contributed by atoms with Gasteiger partial charge < -0.3 is 5.32 Å². The summed E-state index contributed by atoms with van der Waals surface area (Å²) in [5.41, 5.74) is 0. The van der Waals surface area contributed by atoms with Gasteiger partial charge in [-0.05, 0) is 50.8 Å². The normalized spacial score (nSPS) is 9.81. The number of halogens is 2. The summed E-state index contributed by atoms with van der Waals surface area (Å²) in [6.45, 7) is 0.674. The van der Waals surface area contributed by atoms with Crippen LogP contribution >= 0.6 is 43.2 Å². The van der Waals surface area contributed by atoms with Crippen LogP contribution < -0.4 is 5.32 Å². The van der Waals surface area contributed by atoms with Crippen LogP contribution in [0.1, 0.15) is 28.9 Å². The molecule has 0 bridgehead atoms. The van der Waals surface area contributed by atoms with Gasteiger partial charge in [0.2, 0.25) is 0 Å². The highest BCUT2D eigenvalue weighted by Crippen LogP contribution is 2.32. The third-order valence-electron chi connectivity index (χ3n) is 1.90. The minimum absolute atomic E-state index is 0.0305. The summed E-state index contributed by atoms with van der Waals surface area (Å²) in [4.78, 5) is 12.4. The fourth-order valence-corrected chi connectivity index (χ4v) is 3.05. The van der Waals surface area contributed by atoms with Crippen LogP contribution in [0, 0.1) is 12.3 Å². The molecule has 1 aromatic rings. The third-order valence-corrected chi connectivity index (χ3v) is 5.16. The Bertz CT molecular complexity index is 389. The highest BCUT2D eigenvalue weighted by molar-refractivity contribution is 9.13. The van der Waals surface area contributed by atoms with Gasteiger partial charge >= 0.3 is 0 Å². The molecule has 1 amide bonds. The van der Waals surface area contributed by atoms with Gasteiger partial charge in [0.15, 0.2) is 0 Å². The van der Waals surface area contributed by atoms with E-state index < -0.39 is 0 Å². The van der Waals surface area contributed by atoms with Crippen LogP contribution in [0.25, 0.3) is 0 Å². The zero-order valence-electron chi connectivity index (χ0n) is 8.56. The maximum atomic E-state index is 11.7. The van der Waals surface area contributed by atoms with E-state index in [1.165, 1.54) is 11.3 Å². The average Bonchev–Trinajstić information content (AvgIpc) is 2.59. The molecule has 1 N–H and O–H groups in total. The molecule has 1 rings (SSSR count). The molecule has 0 aliphatic heterocycles. The number of rotatable bonds is 5. The van der Waals surface area contributed by atoms with Crippen LogP contribution in [-0.2, 0) is 0 Å². The second-order valence-corrected chi connectivity index (χ2v) is 6.37. The Morgan fingerprint density at radius 1 is 1.50 bits per heavy atom. The van der Waals surface area contributed by atoms with Crippen molar-refractivity contribution in [3.8, 4) is 12.3 Å². The molecule has 16 heavy (non-hydrogen) atoms. The maximum absolute atomic E-state index is 11.7. The van der Waals surface area contributed by atoms with Gasteiger partial charge in [-0.15, -0.1) is 23.7 Å². The molecule has 0 saturated carbocycles. The number of unbranched alkanes of at least 4 members (excludes halogenated alkanes) is 2. The van der Waals surface area contributed by atoms with E-state index >= 15 is 0 Å². The molecule has 0 spiro atoms. The molecule has 2 nitrogen and oxygen atoms in total. The van der Waals surface area contributed by atoms with E-state index in [-0.39, 0.29) is 5.91 Å². The number of hydrogen-bond acceptors (Lipinski definition) is 2. The molecule has 0 aromatic carbocycles. The first-order valence-electron chi connectivity index (χ1n) is 4.81.